The Morgan fingerprint density at radius 2 is 1.27 bits per heavy atom. The Hall–Kier alpha value is -6.78. The molecule has 1 saturated carbocycles. The maximum atomic E-state index is 5.79. The van der Waals surface area contributed by atoms with Crippen molar-refractivity contribution in [3.05, 3.63) is 250 Å². The molecule has 2 spiro atoms. The summed E-state index contributed by atoms with van der Waals surface area (Å²) in [5.74, 6) is 2.53. The van der Waals surface area contributed by atoms with Crippen LogP contribution in [0.15, 0.2) is 227 Å². The van der Waals surface area contributed by atoms with Gasteiger partial charge in [0.2, 0.25) is 0 Å². The Morgan fingerprint density at radius 3 is 2.00 bits per heavy atom. The minimum absolute atomic E-state index is 0.0206. The second-order valence-electron chi connectivity index (χ2n) is 16.8. The van der Waals surface area contributed by atoms with Gasteiger partial charge in [0.1, 0.15) is 11.7 Å². The second-order valence-corrected chi connectivity index (χ2v) is 16.8. The van der Waals surface area contributed by atoms with Gasteiger partial charge in [-0.1, -0.05) is 182 Å². The minimum atomic E-state index is -0.798. The molecule has 0 aromatic heterocycles. The van der Waals surface area contributed by atoms with Gasteiger partial charge < -0.3 is 10.2 Å². The van der Waals surface area contributed by atoms with Crippen LogP contribution in [0.2, 0.25) is 0 Å². The van der Waals surface area contributed by atoms with E-state index in [9.17, 15) is 0 Å². The van der Waals surface area contributed by atoms with Crippen LogP contribution in [0, 0.1) is 11.8 Å². The highest BCUT2D eigenvalue weighted by molar-refractivity contribution is 6.17. The molecular weight excluding hydrogens is 717 g/mol. The number of hydrogen-bond acceptors (Lipinski definition) is 4. The van der Waals surface area contributed by atoms with Crippen molar-refractivity contribution >= 4 is 23.0 Å². The van der Waals surface area contributed by atoms with Crippen LogP contribution in [0.5, 0.6) is 0 Å². The number of nitrogens with zero attached hydrogens (tertiary/aromatic N) is 3. The molecule has 0 saturated heterocycles. The van der Waals surface area contributed by atoms with Crippen LogP contribution >= 0.6 is 0 Å². The quantitative estimate of drug-likeness (QED) is 0.184. The summed E-state index contributed by atoms with van der Waals surface area (Å²) in [4.78, 5) is 14.1. The van der Waals surface area contributed by atoms with E-state index in [4.69, 9.17) is 9.98 Å². The van der Waals surface area contributed by atoms with Gasteiger partial charge in [0.15, 0.2) is 5.66 Å². The molecule has 4 atom stereocenters. The Bertz CT molecular complexity index is 2760. The lowest BCUT2D eigenvalue weighted by molar-refractivity contribution is 0.530. The molecule has 1 fully saturated rings. The second kappa shape index (κ2) is 13.4. The zero-order valence-corrected chi connectivity index (χ0v) is 32.9. The number of anilines is 2. The average Bonchev–Trinajstić information content (AvgIpc) is 3.78. The highest BCUT2D eigenvalue weighted by atomic mass is 15.4. The Balaban J connectivity index is 1.09. The van der Waals surface area contributed by atoms with Gasteiger partial charge >= 0.3 is 0 Å². The highest BCUT2D eigenvalue weighted by Crippen LogP contribution is 2.78. The molecule has 0 radical (unpaired) electrons. The van der Waals surface area contributed by atoms with Gasteiger partial charge in [-0.05, 0) is 83.2 Å². The summed E-state index contributed by atoms with van der Waals surface area (Å²) in [5.41, 5.74) is 14.4. The Kier molecular flexibility index (Phi) is 7.78. The standard InChI is InChI=1S/C55H44N4/c1-5-17-37(18-6-1)35-41-30-29-38-19-13-14-26-44(38)47-36-42(31-32-45(41)47)46-33-34-50-54(48-27-15-16-28-49(48)59(51(46)54)43-24-11-4-12-25-43)55(50)57-52(39-20-7-2-8-21-39)56-53(58-55)40-22-9-3-10-23-40/h1-28,31-34,41,47,50H,29-30,35-36H2,(H,56,57,58). The van der Waals surface area contributed by atoms with E-state index in [1.165, 1.54) is 44.8 Å². The number of rotatable bonds is 6. The summed E-state index contributed by atoms with van der Waals surface area (Å²) in [6, 6.07) is 61.5. The van der Waals surface area contributed by atoms with E-state index in [2.05, 4.69) is 204 Å². The summed E-state index contributed by atoms with van der Waals surface area (Å²) in [7, 11) is 0. The smallest absolute Gasteiger partial charge is 0.178 e. The lowest BCUT2D eigenvalue weighted by Crippen LogP contribution is -2.41. The summed E-state index contributed by atoms with van der Waals surface area (Å²) in [6.07, 6.45) is 14.1. The molecule has 6 aliphatic rings. The van der Waals surface area contributed by atoms with Crippen molar-refractivity contribution in [2.45, 2.75) is 42.7 Å². The van der Waals surface area contributed by atoms with E-state index < -0.39 is 11.1 Å². The maximum absolute atomic E-state index is 5.79. The van der Waals surface area contributed by atoms with Crippen LogP contribution in [0.4, 0.5) is 11.4 Å². The molecular formula is C55H44N4. The average molecular weight is 761 g/mol. The first kappa shape index (κ1) is 34.3. The van der Waals surface area contributed by atoms with Gasteiger partial charge in [0.25, 0.3) is 0 Å². The van der Waals surface area contributed by atoms with Crippen LogP contribution in [0.1, 0.15) is 52.1 Å². The van der Waals surface area contributed by atoms with E-state index in [1.54, 1.807) is 5.57 Å². The molecule has 1 N–H and O–H groups in total. The monoisotopic (exact) mass is 760 g/mol. The molecule has 0 bridgehead atoms. The van der Waals surface area contributed by atoms with Gasteiger partial charge in [-0.2, -0.15) is 0 Å². The van der Waals surface area contributed by atoms with Crippen molar-refractivity contribution in [3.63, 3.8) is 0 Å². The molecule has 59 heavy (non-hydrogen) atoms. The number of aryl methyl sites for hydroxylation is 1. The summed E-state index contributed by atoms with van der Waals surface area (Å²) in [5, 5.41) is 3.70. The fraction of sp³-hybridized carbons (Fsp3) is 0.164. The zero-order chi connectivity index (χ0) is 39.0. The number of para-hydroxylation sites is 2. The van der Waals surface area contributed by atoms with E-state index in [0.717, 1.165) is 54.2 Å². The largest absolute Gasteiger partial charge is 0.324 e. The molecule has 284 valence electrons. The van der Waals surface area contributed by atoms with Gasteiger partial charge in [-0.25, -0.2) is 9.98 Å². The molecule has 6 aromatic rings. The molecule has 2 heterocycles. The number of benzene rings is 6. The number of amidine groups is 2. The van der Waals surface area contributed by atoms with Crippen molar-refractivity contribution in [3.8, 4) is 0 Å². The first-order chi connectivity index (χ1) is 29.2. The summed E-state index contributed by atoms with van der Waals surface area (Å²) in [6.45, 7) is 0. The third-order valence-electron chi connectivity index (χ3n) is 13.8. The van der Waals surface area contributed by atoms with E-state index in [-0.39, 0.29) is 5.92 Å². The van der Waals surface area contributed by atoms with Gasteiger partial charge in [-0.15, -0.1) is 0 Å². The van der Waals surface area contributed by atoms with Gasteiger partial charge in [0, 0.05) is 34.3 Å². The summed E-state index contributed by atoms with van der Waals surface area (Å²) < 4.78 is 0. The van der Waals surface area contributed by atoms with Crippen LogP contribution < -0.4 is 10.2 Å². The lowest BCUT2D eigenvalue weighted by atomic mass is 9.73. The highest BCUT2D eigenvalue weighted by Gasteiger charge is 2.84. The molecule has 4 unspecified atom stereocenters. The molecule has 12 rings (SSSR count). The number of nitrogens with one attached hydrogen (secondary N) is 1. The molecule has 0 amide bonds. The van der Waals surface area contributed by atoms with Crippen LogP contribution in [-0.4, -0.2) is 17.3 Å². The molecule has 2 aliphatic heterocycles. The number of aliphatic imine (C=N–C) groups is 2. The minimum Gasteiger partial charge on any atom is -0.324 e. The third-order valence-corrected chi connectivity index (χ3v) is 13.8. The van der Waals surface area contributed by atoms with E-state index >= 15 is 0 Å². The van der Waals surface area contributed by atoms with Crippen LogP contribution in [0.25, 0.3) is 0 Å². The SMILES string of the molecule is C1=CC2C3(N=C(c4ccccc4)NC(c4ccccc4)=N3)C23C(=C1C1=CC=C2C(Cc4ccccc4)CCc4ccccc4C2C1)N(c1ccccc1)c1ccccc13. The first-order valence-corrected chi connectivity index (χ1v) is 21.2. The van der Waals surface area contributed by atoms with Crippen molar-refractivity contribution < 1.29 is 0 Å². The third kappa shape index (κ3) is 5.15. The topological polar surface area (TPSA) is 40.0 Å². The molecule has 4 aliphatic carbocycles. The summed E-state index contributed by atoms with van der Waals surface area (Å²) >= 11 is 0. The number of hydrogen-bond donors (Lipinski definition) is 1. The fourth-order valence-corrected chi connectivity index (χ4v) is 11.2. The van der Waals surface area contributed by atoms with E-state index in [0.29, 0.717) is 11.8 Å². The Morgan fingerprint density at radius 1 is 0.644 bits per heavy atom. The molecule has 4 nitrogen and oxygen atoms in total. The van der Waals surface area contributed by atoms with Gasteiger partial charge in [0.05, 0.1) is 11.1 Å². The zero-order valence-electron chi connectivity index (χ0n) is 32.9. The Labute approximate surface area is 346 Å². The van der Waals surface area contributed by atoms with Crippen LogP contribution in [-0.2, 0) is 18.3 Å². The van der Waals surface area contributed by atoms with Crippen molar-refractivity contribution in [1.82, 2.24) is 5.32 Å². The number of fused-ring (bicyclic) bond motifs is 5. The number of allylic oxidation sites excluding steroid dienone is 6. The van der Waals surface area contributed by atoms with Crippen molar-refractivity contribution in [2.24, 2.45) is 21.8 Å². The van der Waals surface area contributed by atoms with E-state index in [1.807, 2.05) is 0 Å². The van der Waals surface area contributed by atoms with Gasteiger partial charge in [-0.3, -0.25) is 0 Å². The predicted molar refractivity (Wildman–Crippen MR) is 240 cm³/mol. The lowest BCUT2D eigenvalue weighted by Gasteiger charge is -2.34. The van der Waals surface area contributed by atoms with Crippen LogP contribution in [0.3, 0.4) is 0 Å². The molecule has 4 heteroatoms. The predicted octanol–water partition coefficient (Wildman–Crippen LogP) is 11.6. The molecule has 6 aromatic carbocycles. The van der Waals surface area contributed by atoms with Crippen molar-refractivity contribution in [2.75, 3.05) is 4.90 Å². The first-order valence-electron chi connectivity index (χ1n) is 21.2. The van der Waals surface area contributed by atoms with Crippen molar-refractivity contribution in [1.29, 1.82) is 0 Å². The fourth-order valence-electron chi connectivity index (χ4n) is 11.2. The maximum Gasteiger partial charge on any atom is 0.178 e. The normalized spacial score (nSPS) is 24.2.